The predicted molar refractivity (Wildman–Crippen MR) is 115 cm³/mol. The Balaban J connectivity index is 1.47. The molecule has 158 valence electrons. The molecule has 0 saturated carbocycles. The summed E-state index contributed by atoms with van der Waals surface area (Å²) in [5, 5.41) is 0. The van der Waals surface area contributed by atoms with Crippen molar-refractivity contribution in [3.63, 3.8) is 0 Å². The van der Waals surface area contributed by atoms with Crippen LogP contribution in [0.1, 0.15) is 28.4 Å². The van der Waals surface area contributed by atoms with Gasteiger partial charge in [0.2, 0.25) is 6.79 Å². The van der Waals surface area contributed by atoms with Crippen LogP contribution in [-0.2, 0) is 22.6 Å². The Labute approximate surface area is 181 Å². The lowest BCUT2D eigenvalue weighted by Gasteiger charge is -2.26. The van der Waals surface area contributed by atoms with E-state index < -0.39 is 12.1 Å². The molecule has 3 aromatic carbocycles. The van der Waals surface area contributed by atoms with Crippen molar-refractivity contribution in [2.24, 2.45) is 0 Å². The van der Waals surface area contributed by atoms with Gasteiger partial charge in [-0.1, -0.05) is 60.7 Å². The fraction of sp³-hybridized carbons (Fsp3) is 0.200. The Morgan fingerprint density at radius 2 is 1.45 bits per heavy atom. The number of fused-ring (bicyclic) bond motifs is 1. The van der Waals surface area contributed by atoms with Crippen molar-refractivity contribution in [2.45, 2.75) is 26.1 Å². The molecule has 1 aliphatic rings. The average Bonchev–Trinajstić information content (AvgIpc) is 3.27. The Kier molecular flexibility index (Phi) is 6.17. The van der Waals surface area contributed by atoms with Gasteiger partial charge in [0.05, 0.1) is 5.56 Å². The van der Waals surface area contributed by atoms with Crippen LogP contribution >= 0.6 is 0 Å². The molecular formula is C25H23NO5. The van der Waals surface area contributed by atoms with Crippen molar-refractivity contribution < 1.29 is 23.8 Å². The van der Waals surface area contributed by atoms with Gasteiger partial charge in [0, 0.05) is 13.1 Å². The third-order valence-electron chi connectivity index (χ3n) is 4.98. The maximum Gasteiger partial charge on any atom is 0.339 e. The molecule has 6 nitrogen and oxygen atoms in total. The largest absolute Gasteiger partial charge is 0.454 e. The number of benzene rings is 3. The molecule has 6 heteroatoms. The summed E-state index contributed by atoms with van der Waals surface area (Å²) < 4.78 is 16.1. The molecule has 0 bridgehead atoms. The van der Waals surface area contributed by atoms with E-state index in [2.05, 4.69) is 0 Å². The van der Waals surface area contributed by atoms with Crippen LogP contribution in [0.2, 0.25) is 0 Å². The minimum absolute atomic E-state index is 0.122. The number of hydrogen-bond acceptors (Lipinski definition) is 5. The SMILES string of the molecule is C[C@@H](OC(=O)c1ccc2c(c1)OCO2)C(=O)N(Cc1ccccc1)Cc1ccccc1. The number of nitrogens with zero attached hydrogens (tertiary/aromatic N) is 1. The van der Waals surface area contributed by atoms with Gasteiger partial charge in [0.15, 0.2) is 17.6 Å². The molecule has 31 heavy (non-hydrogen) atoms. The molecule has 0 N–H and O–H groups in total. The molecule has 0 aliphatic carbocycles. The zero-order valence-corrected chi connectivity index (χ0v) is 17.2. The number of rotatable bonds is 7. The van der Waals surface area contributed by atoms with Crippen LogP contribution in [0.3, 0.4) is 0 Å². The summed E-state index contributed by atoms with van der Waals surface area (Å²) in [5.41, 5.74) is 2.31. The van der Waals surface area contributed by atoms with Crippen molar-refractivity contribution in [2.75, 3.05) is 6.79 Å². The summed E-state index contributed by atoms with van der Waals surface area (Å²) in [6.07, 6.45) is -0.939. The van der Waals surface area contributed by atoms with E-state index in [0.717, 1.165) is 11.1 Å². The molecule has 0 spiro atoms. The van der Waals surface area contributed by atoms with Crippen LogP contribution in [0, 0.1) is 0 Å². The molecule has 1 amide bonds. The summed E-state index contributed by atoms with van der Waals surface area (Å²) >= 11 is 0. The molecular weight excluding hydrogens is 394 g/mol. The van der Waals surface area contributed by atoms with E-state index in [9.17, 15) is 9.59 Å². The van der Waals surface area contributed by atoms with Crippen LogP contribution < -0.4 is 9.47 Å². The van der Waals surface area contributed by atoms with Crippen LogP contribution in [-0.4, -0.2) is 29.7 Å². The lowest BCUT2D eigenvalue weighted by Crippen LogP contribution is -2.39. The van der Waals surface area contributed by atoms with E-state index >= 15 is 0 Å². The first-order valence-electron chi connectivity index (χ1n) is 10.1. The minimum atomic E-state index is -0.939. The van der Waals surface area contributed by atoms with E-state index in [1.165, 1.54) is 0 Å². The van der Waals surface area contributed by atoms with Gasteiger partial charge < -0.3 is 19.1 Å². The van der Waals surface area contributed by atoms with Gasteiger partial charge in [-0.2, -0.15) is 0 Å². The van der Waals surface area contributed by atoms with E-state index in [4.69, 9.17) is 14.2 Å². The fourth-order valence-electron chi connectivity index (χ4n) is 3.38. The maximum absolute atomic E-state index is 13.2. The van der Waals surface area contributed by atoms with Gasteiger partial charge in [-0.25, -0.2) is 4.79 Å². The summed E-state index contributed by atoms with van der Waals surface area (Å²) in [4.78, 5) is 27.5. The number of carbonyl (C=O) groups excluding carboxylic acids is 2. The van der Waals surface area contributed by atoms with E-state index in [1.54, 1.807) is 30.0 Å². The van der Waals surface area contributed by atoms with Crippen molar-refractivity contribution in [3.8, 4) is 11.5 Å². The quantitative estimate of drug-likeness (QED) is 0.540. The number of esters is 1. The average molecular weight is 417 g/mol. The Hall–Kier alpha value is -3.80. The topological polar surface area (TPSA) is 65.1 Å². The molecule has 0 saturated heterocycles. The Morgan fingerprint density at radius 3 is 2.06 bits per heavy atom. The second-order valence-electron chi connectivity index (χ2n) is 7.28. The van der Waals surface area contributed by atoms with Crippen molar-refractivity contribution in [1.82, 2.24) is 4.90 Å². The molecule has 1 atom stereocenters. The molecule has 4 rings (SSSR count). The normalized spacial score (nSPS) is 12.8. The van der Waals surface area contributed by atoms with Crippen molar-refractivity contribution >= 4 is 11.9 Å². The molecule has 1 aliphatic heterocycles. The zero-order valence-electron chi connectivity index (χ0n) is 17.2. The Bertz CT molecular complexity index is 1010. The molecule has 0 fully saturated rings. The smallest absolute Gasteiger partial charge is 0.339 e. The van der Waals surface area contributed by atoms with Crippen molar-refractivity contribution in [1.29, 1.82) is 0 Å². The van der Waals surface area contributed by atoms with Crippen LogP contribution in [0.4, 0.5) is 0 Å². The van der Waals surface area contributed by atoms with Crippen molar-refractivity contribution in [3.05, 3.63) is 95.6 Å². The standard InChI is InChI=1S/C25H23NO5/c1-18(31-25(28)21-12-13-22-23(14-21)30-17-29-22)24(27)26(15-19-8-4-2-5-9-19)16-20-10-6-3-7-11-20/h2-14,18H,15-17H2,1H3/t18-/m1/s1. The van der Waals surface area contributed by atoms with Gasteiger partial charge in [-0.3, -0.25) is 4.79 Å². The number of carbonyl (C=O) groups is 2. The van der Waals surface area contributed by atoms with Crippen LogP contribution in [0.15, 0.2) is 78.9 Å². The van der Waals surface area contributed by atoms with Crippen LogP contribution in [0.5, 0.6) is 11.5 Å². The predicted octanol–water partition coefficient (Wildman–Crippen LogP) is 4.19. The third kappa shape index (κ3) is 5.04. The van der Waals surface area contributed by atoms with E-state index in [0.29, 0.717) is 30.2 Å². The highest BCUT2D eigenvalue weighted by molar-refractivity contribution is 5.93. The highest BCUT2D eigenvalue weighted by Gasteiger charge is 2.26. The summed E-state index contributed by atoms with van der Waals surface area (Å²) in [6.45, 7) is 2.55. The Morgan fingerprint density at radius 1 is 0.871 bits per heavy atom. The second kappa shape index (κ2) is 9.34. The fourth-order valence-corrected chi connectivity index (χ4v) is 3.38. The molecule has 3 aromatic rings. The second-order valence-corrected chi connectivity index (χ2v) is 7.28. The molecule has 0 unspecified atom stereocenters. The molecule has 1 heterocycles. The van der Waals surface area contributed by atoms with E-state index in [1.807, 2.05) is 60.7 Å². The lowest BCUT2D eigenvalue weighted by atomic mass is 10.1. The molecule has 0 aromatic heterocycles. The monoisotopic (exact) mass is 417 g/mol. The summed E-state index contributed by atoms with van der Waals surface area (Å²) in [5.74, 6) is 0.223. The van der Waals surface area contributed by atoms with Gasteiger partial charge in [0.1, 0.15) is 0 Å². The lowest BCUT2D eigenvalue weighted by molar-refractivity contribution is -0.141. The van der Waals surface area contributed by atoms with Gasteiger partial charge in [-0.05, 0) is 36.2 Å². The minimum Gasteiger partial charge on any atom is -0.454 e. The van der Waals surface area contributed by atoms with Gasteiger partial charge in [-0.15, -0.1) is 0 Å². The highest BCUT2D eigenvalue weighted by atomic mass is 16.7. The first-order valence-corrected chi connectivity index (χ1v) is 10.1. The van der Waals surface area contributed by atoms with Gasteiger partial charge in [0.25, 0.3) is 5.91 Å². The third-order valence-corrected chi connectivity index (χ3v) is 4.98. The first kappa shape index (κ1) is 20.5. The van der Waals surface area contributed by atoms with Crippen LogP contribution in [0.25, 0.3) is 0 Å². The summed E-state index contributed by atoms with van der Waals surface area (Å²) in [6, 6.07) is 24.3. The highest BCUT2D eigenvalue weighted by Crippen LogP contribution is 2.32. The number of hydrogen-bond donors (Lipinski definition) is 0. The zero-order chi connectivity index (χ0) is 21.6. The first-order chi connectivity index (χ1) is 15.1. The number of ether oxygens (including phenoxy) is 3. The van der Waals surface area contributed by atoms with Gasteiger partial charge >= 0.3 is 5.97 Å². The molecule has 0 radical (unpaired) electrons. The summed E-state index contributed by atoms with van der Waals surface area (Å²) in [7, 11) is 0. The maximum atomic E-state index is 13.2. The number of amides is 1. The van der Waals surface area contributed by atoms with E-state index in [-0.39, 0.29) is 12.7 Å².